The van der Waals surface area contributed by atoms with Gasteiger partial charge in [0, 0.05) is 19.3 Å². The summed E-state index contributed by atoms with van der Waals surface area (Å²) >= 11 is 0. The van der Waals surface area contributed by atoms with E-state index in [1.54, 1.807) is 19.2 Å². The third-order valence-corrected chi connectivity index (χ3v) is 3.86. The van der Waals surface area contributed by atoms with Crippen LogP contribution < -0.4 is 15.4 Å². The Kier molecular flexibility index (Phi) is 7.32. The summed E-state index contributed by atoms with van der Waals surface area (Å²) in [5.74, 6) is 0.615. The Morgan fingerprint density at radius 2 is 2.00 bits per heavy atom. The molecule has 2 unspecified atom stereocenters. The van der Waals surface area contributed by atoms with Gasteiger partial charge in [0.25, 0.3) is 0 Å². The lowest BCUT2D eigenvalue weighted by molar-refractivity contribution is -0.115. The Labute approximate surface area is 137 Å². The van der Waals surface area contributed by atoms with Gasteiger partial charge < -0.3 is 25.2 Å². The second-order valence-corrected chi connectivity index (χ2v) is 5.75. The third kappa shape index (κ3) is 6.17. The summed E-state index contributed by atoms with van der Waals surface area (Å²) in [6, 6.07) is 7.24. The molecular weight excluding hydrogens is 296 g/mol. The van der Waals surface area contributed by atoms with Gasteiger partial charge in [-0.25, -0.2) is 0 Å². The number of carbonyl (C=O) groups is 1. The van der Waals surface area contributed by atoms with Crippen LogP contribution in [0.3, 0.4) is 0 Å². The van der Waals surface area contributed by atoms with Gasteiger partial charge in [-0.1, -0.05) is 6.42 Å². The largest absolute Gasteiger partial charge is 0.488 e. The van der Waals surface area contributed by atoms with Crippen molar-refractivity contribution in [3.05, 3.63) is 24.3 Å². The molecule has 3 N–H and O–H groups in total. The van der Waals surface area contributed by atoms with Crippen molar-refractivity contribution in [2.75, 3.05) is 32.1 Å². The van der Waals surface area contributed by atoms with Crippen LogP contribution in [0.25, 0.3) is 0 Å². The second kappa shape index (κ2) is 9.50. The third-order valence-electron chi connectivity index (χ3n) is 3.86. The quantitative estimate of drug-likeness (QED) is 0.633. The van der Waals surface area contributed by atoms with Gasteiger partial charge in [0.1, 0.15) is 11.9 Å². The van der Waals surface area contributed by atoms with E-state index in [0.717, 1.165) is 31.4 Å². The first-order valence-corrected chi connectivity index (χ1v) is 8.13. The monoisotopic (exact) mass is 322 g/mol. The molecule has 1 aromatic carbocycles. The SMILES string of the molecule is COCCNCC(=O)Nc1ccc(OC2CCCCC2O)cc1. The number of ether oxygens (including phenoxy) is 2. The van der Waals surface area contributed by atoms with Crippen molar-refractivity contribution in [2.24, 2.45) is 0 Å². The number of aliphatic hydroxyl groups excluding tert-OH is 1. The molecule has 2 rings (SSSR count). The molecule has 6 heteroatoms. The van der Waals surface area contributed by atoms with Crippen LogP contribution in [0.2, 0.25) is 0 Å². The highest BCUT2D eigenvalue weighted by atomic mass is 16.5. The van der Waals surface area contributed by atoms with Gasteiger partial charge in [0.15, 0.2) is 0 Å². The van der Waals surface area contributed by atoms with Crippen molar-refractivity contribution in [1.82, 2.24) is 5.32 Å². The van der Waals surface area contributed by atoms with E-state index in [0.29, 0.717) is 18.9 Å². The average molecular weight is 322 g/mol. The van der Waals surface area contributed by atoms with Crippen molar-refractivity contribution >= 4 is 11.6 Å². The first-order valence-electron chi connectivity index (χ1n) is 8.13. The number of nitrogens with one attached hydrogen (secondary N) is 2. The molecule has 0 aliphatic heterocycles. The van der Waals surface area contributed by atoms with Crippen LogP contribution in [-0.2, 0) is 9.53 Å². The number of rotatable bonds is 8. The van der Waals surface area contributed by atoms with Crippen molar-refractivity contribution < 1.29 is 19.4 Å². The van der Waals surface area contributed by atoms with Crippen LogP contribution in [0, 0.1) is 0 Å². The second-order valence-electron chi connectivity index (χ2n) is 5.75. The van der Waals surface area contributed by atoms with E-state index >= 15 is 0 Å². The normalized spacial score (nSPS) is 21.0. The molecule has 0 heterocycles. The molecule has 128 valence electrons. The summed E-state index contributed by atoms with van der Waals surface area (Å²) in [6.45, 7) is 1.46. The zero-order valence-corrected chi connectivity index (χ0v) is 13.6. The van der Waals surface area contributed by atoms with Gasteiger partial charge in [-0.2, -0.15) is 0 Å². The molecule has 0 aromatic heterocycles. The average Bonchev–Trinajstić information content (AvgIpc) is 2.55. The van der Waals surface area contributed by atoms with Gasteiger partial charge in [0.2, 0.25) is 5.91 Å². The summed E-state index contributed by atoms with van der Waals surface area (Å²) in [6.07, 6.45) is 3.31. The van der Waals surface area contributed by atoms with Crippen molar-refractivity contribution in [1.29, 1.82) is 0 Å². The highest BCUT2D eigenvalue weighted by Crippen LogP contribution is 2.24. The Bertz CT molecular complexity index is 478. The van der Waals surface area contributed by atoms with Gasteiger partial charge in [-0.05, 0) is 43.5 Å². The molecule has 1 fully saturated rings. The molecular formula is C17H26N2O4. The highest BCUT2D eigenvalue weighted by Gasteiger charge is 2.24. The number of anilines is 1. The first kappa shape index (κ1) is 17.7. The summed E-state index contributed by atoms with van der Waals surface area (Å²) in [5, 5.41) is 15.7. The Morgan fingerprint density at radius 1 is 1.26 bits per heavy atom. The van der Waals surface area contributed by atoms with Gasteiger partial charge >= 0.3 is 0 Å². The number of benzene rings is 1. The lowest BCUT2D eigenvalue weighted by Crippen LogP contribution is -2.34. The molecule has 0 saturated heterocycles. The van der Waals surface area contributed by atoms with Crippen LogP contribution in [0.15, 0.2) is 24.3 Å². The number of methoxy groups -OCH3 is 1. The maximum absolute atomic E-state index is 11.7. The lowest BCUT2D eigenvalue weighted by atomic mass is 9.95. The van der Waals surface area contributed by atoms with E-state index < -0.39 is 0 Å². The van der Waals surface area contributed by atoms with E-state index in [4.69, 9.17) is 9.47 Å². The molecule has 1 aliphatic rings. The van der Waals surface area contributed by atoms with Gasteiger partial charge in [0.05, 0.1) is 19.3 Å². The maximum atomic E-state index is 11.7. The topological polar surface area (TPSA) is 79.8 Å². The first-order chi connectivity index (χ1) is 11.2. The predicted molar refractivity (Wildman–Crippen MR) is 88.7 cm³/mol. The number of amides is 1. The van der Waals surface area contributed by atoms with Crippen molar-refractivity contribution in [2.45, 2.75) is 37.9 Å². The van der Waals surface area contributed by atoms with Crippen LogP contribution in [-0.4, -0.2) is 50.0 Å². The fourth-order valence-corrected chi connectivity index (χ4v) is 2.59. The van der Waals surface area contributed by atoms with Gasteiger partial charge in [-0.3, -0.25) is 4.79 Å². The molecule has 6 nitrogen and oxygen atoms in total. The van der Waals surface area contributed by atoms with Crippen LogP contribution in [0.5, 0.6) is 5.75 Å². The molecule has 1 aliphatic carbocycles. The van der Waals surface area contributed by atoms with Gasteiger partial charge in [-0.15, -0.1) is 0 Å². The maximum Gasteiger partial charge on any atom is 0.238 e. The fourth-order valence-electron chi connectivity index (χ4n) is 2.59. The van der Waals surface area contributed by atoms with Crippen LogP contribution >= 0.6 is 0 Å². The molecule has 0 bridgehead atoms. The Morgan fingerprint density at radius 3 is 2.70 bits per heavy atom. The van der Waals surface area contributed by atoms with E-state index in [1.807, 2.05) is 12.1 Å². The van der Waals surface area contributed by atoms with Crippen molar-refractivity contribution in [3.8, 4) is 5.75 Å². The van der Waals surface area contributed by atoms with Crippen LogP contribution in [0.4, 0.5) is 5.69 Å². The summed E-state index contributed by atoms with van der Waals surface area (Å²) < 4.78 is 10.7. The molecule has 1 amide bonds. The van der Waals surface area contributed by atoms with E-state index in [1.165, 1.54) is 0 Å². The van der Waals surface area contributed by atoms with E-state index in [9.17, 15) is 9.90 Å². The Balaban J connectivity index is 1.76. The van der Waals surface area contributed by atoms with Crippen LogP contribution in [0.1, 0.15) is 25.7 Å². The number of aliphatic hydroxyl groups is 1. The Hall–Kier alpha value is -1.63. The molecule has 1 aromatic rings. The van der Waals surface area contributed by atoms with E-state index in [2.05, 4.69) is 10.6 Å². The summed E-state index contributed by atoms with van der Waals surface area (Å²) in [7, 11) is 1.62. The van der Waals surface area contributed by atoms with E-state index in [-0.39, 0.29) is 24.7 Å². The molecule has 2 atom stereocenters. The minimum absolute atomic E-state index is 0.0996. The van der Waals surface area contributed by atoms with Crippen molar-refractivity contribution in [3.63, 3.8) is 0 Å². The number of carbonyl (C=O) groups excluding carboxylic acids is 1. The summed E-state index contributed by atoms with van der Waals surface area (Å²) in [5.41, 5.74) is 0.722. The minimum atomic E-state index is -0.388. The fraction of sp³-hybridized carbons (Fsp3) is 0.588. The highest BCUT2D eigenvalue weighted by molar-refractivity contribution is 5.92. The lowest BCUT2D eigenvalue weighted by Gasteiger charge is -2.28. The summed E-state index contributed by atoms with van der Waals surface area (Å²) in [4.78, 5) is 11.7. The predicted octanol–water partition coefficient (Wildman–Crippen LogP) is 1.54. The number of hydrogen-bond donors (Lipinski definition) is 3. The molecule has 0 radical (unpaired) electrons. The minimum Gasteiger partial charge on any atom is -0.488 e. The molecule has 0 spiro atoms. The smallest absolute Gasteiger partial charge is 0.238 e. The molecule has 1 saturated carbocycles. The molecule has 23 heavy (non-hydrogen) atoms. The zero-order valence-electron chi connectivity index (χ0n) is 13.6. The zero-order chi connectivity index (χ0) is 16.5. The number of hydrogen-bond acceptors (Lipinski definition) is 5. The standard InChI is InChI=1S/C17H26N2O4/c1-22-11-10-18-12-17(21)19-13-6-8-14(9-7-13)23-16-5-3-2-4-15(16)20/h6-9,15-16,18,20H,2-5,10-12H2,1H3,(H,19,21).